The van der Waals surface area contributed by atoms with Gasteiger partial charge in [0.1, 0.15) is 0 Å². The van der Waals surface area contributed by atoms with Crippen molar-refractivity contribution in [3.8, 4) is 6.07 Å². The van der Waals surface area contributed by atoms with E-state index in [2.05, 4.69) is 6.07 Å². The first-order valence-corrected chi connectivity index (χ1v) is 6.31. The Kier molecular flexibility index (Phi) is 4.67. The van der Waals surface area contributed by atoms with Crippen LogP contribution in [0.2, 0.25) is 0 Å². The molecule has 2 aromatic rings. The van der Waals surface area contributed by atoms with Gasteiger partial charge < -0.3 is 4.90 Å². The summed E-state index contributed by atoms with van der Waals surface area (Å²) in [4.78, 5) is 1.97. The highest BCUT2D eigenvalue weighted by atomic mass is 19.2. The SMILES string of the molecule is N#CCCN(Cc1ccc(F)c(F)c1)c1ccccc1. The van der Waals surface area contributed by atoms with Gasteiger partial charge in [-0.25, -0.2) is 8.78 Å². The summed E-state index contributed by atoms with van der Waals surface area (Å²) >= 11 is 0. The van der Waals surface area contributed by atoms with Crippen molar-refractivity contribution in [2.45, 2.75) is 13.0 Å². The summed E-state index contributed by atoms with van der Waals surface area (Å²) in [5.41, 5.74) is 1.62. The van der Waals surface area contributed by atoms with Crippen LogP contribution in [-0.2, 0) is 6.54 Å². The first-order chi connectivity index (χ1) is 9.70. The Hall–Kier alpha value is -2.41. The number of nitrogens with zero attached hydrogens (tertiary/aromatic N) is 2. The van der Waals surface area contributed by atoms with Crippen LogP contribution in [0.4, 0.5) is 14.5 Å². The molecule has 2 rings (SSSR count). The van der Waals surface area contributed by atoms with Crippen LogP contribution < -0.4 is 4.90 Å². The minimum absolute atomic E-state index is 0.374. The summed E-state index contributed by atoms with van der Waals surface area (Å²) in [6, 6.07) is 15.5. The average molecular weight is 272 g/mol. The minimum Gasteiger partial charge on any atom is -0.366 e. The molecule has 0 aliphatic rings. The van der Waals surface area contributed by atoms with E-state index in [1.807, 2.05) is 35.2 Å². The lowest BCUT2D eigenvalue weighted by atomic mass is 10.1. The zero-order valence-corrected chi connectivity index (χ0v) is 10.9. The van der Waals surface area contributed by atoms with Gasteiger partial charge in [-0.1, -0.05) is 24.3 Å². The molecule has 0 spiro atoms. The number of rotatable bonds is 5. The molecular weight excluding hydrogens is 258 g/mol. The van der Waals surface area contributed by atoms with E-state index in [1.54, 1.807) is 6.07 Å². The third kappa shape index (κ3) is 3.55. The second-order valence-corrected chi connectivity index (χ2v) is 4.41. The Morgan fingerprint density at radius 3 is 2.40 bits per heavy atom. The van der Waals surface area contributed by atoms with E-state index >= 15 is 0 Å². The van der Waals surface area contributed by atoms with Crippen molar-refractivity contribution in [3.05, 3.63) is 65.7 Å². The lowest BCUT2D eigenvalue weighted by Gasteiger charge is -2.24. The Balaban J connectivity index is 2.19. The third-order valence-corrected chi connectivity index (χ3v) is 2.97. The number of anilines is 1. The van der Waals surface area contributed by atoms with Crippen LogP contribution >= 0.6 is 0 Å². The number of halogens is 2. The summed E-state index contributed by atoms with van der Waals surface area (Å²) in [6.07, 6.45) is 0.374. The monoisotopic (exact) mass is 272 g/mol. The van der Waals surface area contributed by atoms with Gasteiger partial charge in [-0.15, -0.1) is 0 Å². The van der Waals surface area contributed by atoms with Crippen LogP contribution in [0.5, 0.6) is 0 Å². The average Bonchev–Trinajstić information content (AvgIpc) is 2.48. The van der Waals surface area contributed by atoms with Gasteiger partial charge in [-0.2, -0.15) is 5.26 Å². The van der Waals surface area contributed by atoms with Gasteiger partial charge in [0.2, 0.25) is 0 Å². The van der Waals surface area contributed by atoms with Gasteiger partial charge in [0.25, 0.3) is 0 Å². The van der Waals surface area contributed by atoms with E-state index in [0.29, 0.717) is 25.1 Å². The molecule has 0 radical (unpaired) electrons. The van der Waals surface area contributed by atoms with Crippen molar-refractivity contribution in [2.24, 2.45) is 0 Å². The minimum atomic E-state index is -0.851. The molecule has 2 nitrogen and oxygen atoms in total. The molecule has 2 aromatic carbocycles. The van der Waals surface area contributed by atoms with Crippen LogP contribution in [0, 0.1) is 23.0 Å². The molecule has 0 amide bonds. The fourth-order valence-electron chi connectivity index (χ4n) is 1.98. The van der Waals surface area contributed by atoms with Crippen LogP contribution in [-0.4, -0.2) is 6.54 Å². The van der Waals surface area contributed by atoms with E-state index < -0.39 is 11.6 Å². The predicted octanol–water partition coefficient (Wildman–Crippen LogP) is 3.89. The van der Waals surface area contributed by atoms with Gasteiger partial charge in [0.05, 0.1) is 12.5 Å². The molecule has 0 fully saturated rings. The molecule has 20 heavy (non-hydrogen) atoms. The molecule has 0 saturated heterocycles. The van der Waals surface area contributed by atoms with Crippen LogP contribution in [0.1, 0.15) is 12.0 Å². The quantitative estimate of drug-likeness (QED) is 0.825. The van der Waals surface area contributed by atoms with Gasteiger partial charge in [0, 0.05) is 18.8 Å². The van der Waals surface area contributed by atoms with Crippen LogP contribution in [0.3, 0.4) is 0 Å². The molecule has 4 heteroatoms. The number of benzene rings is 2. The molecule has 0 N–H and O–H groups in total. The van der Waals surface area contributed by atoms with Crippen molar-refractivity contribution in [1.29, 1.82) is 5.26 Å². The summed E-state index contributed by atoms with van der Waals surface area (Å²) in [5, 5.41) is 8.72. The first-order valence-electron chi connectivity index (χ1n) is 6.31. The molecular formula is C16H14F2N2. The van der Waals surface area contributed by atoms with Crippen molar-refractivity contribution < 1.29 is 8.78 Å². The van der Waals surface area contributed by atoms with E-state index in [-0.39, 0.29) is 0 Å². The van der Waals surface area contributed by atoms with Gasteiger partial charge >= 0.3 is 0 Å². The molecule has 0 saturated carbocycles. The lowest BCUT2D eigenvalue weighted by molar-refractivity contribution is 0.507. The van der Waals surface area contributed by atoms with Gasteiger partial charge in [-0.3, -0.25) is 0 Å². The van der Waals surface area contributed by atoms with Crippen molar-refractivity contribution in [1.82, 2.24) is 0 Å². The Morgan fingerprint density at radius 1 is 1.00 bits per heavy atom. The Bertz CT molecular complexity index is 606. The van der Waals surface area contributed by atoms with Crippen molar-refractivity contribution >= 4 is 5.69 Å². The lowest BCUT2D eigenvalue weighted by Crippen LogP contribution is -2.23. The highest BCUT2D eigenvalue weighted by Crippen LogP contribution is 2.18. The predicted molar refractivity (Wildman–Crippen MR) is 74.1 cm³/mol. The zero-order chi connectivity index (χ0) is 14.4. The molecule has 0 aliphatic carbocycles. The standard InChI is InChI=1S/C16H14F2N2/c17-15-8-7-13(11-16(15)18)12-20(10-4-9-19)14-5-2-1-3-6-14/h1-3,5-8,11H,4,10,12H2. The maximum absolute atomic E-state index is 13.2. The fraction of sp³-hybridized carbons (Fsp3) is 0.188. The molecule has 102 valence electrons. The summed E-state index contributed by atoms with van der Waals surface area (Å²) in [5.74, 6) is -1.70. The topological polar surface area (TPSA) is 27.0 Å². The Morgan fingerprint density at radius 2 is 1.75 bits per heavy atom. The van der Waals surface area contributed by atoms with Crippen molar-refractivity contribution in [3.63, 3.8) is 0 Å². The fourth-order valence-corrected chi connectivity index (χ4v) is 1.98. The highest BCUT2D eigenvalue weighted by Gasteiger charge is 2.09. The van der Waals surface area contributed by atoms with Gasteiger partial charge in [0.15, 0.2) is 11.6 Å². The molecule has 0 heterocycles. The van der Waals surface area contributed by atoms with Gasteiger partial charge in [-0.05, 0) is 29.8 Å². The van der Waals surface area contributed by atoms with E-state index in [1.165, 1.54) is 6.07 Å². The third-order valence-electron chi connectivity index (χ3n) is 2.97. The summed E-state index contributed by atoms with van der Waals surface area (Å²) in [7, 11) is 0. The molecule has 0 aliphatic heterocycles. The normalized spacial score (nSPS) is 10.1. The van der Waals surface area contributed by atoms with E-state index in [0.717, 1.165) is 11.8 Å². The smallest absolute Gasteiger partial charge is 0.159 e. The molecule has 0 bridgehead atoms. The highest BCUT2D eigenvalue weighted by molar-refractivity contribution is 5.46. The van der Waals surface area contributed by atoms with Crippen molar-refractivity contribution in [2.75, 3.05) is 11.4 Å². The first kappa shape index (κ1) is 14.0. The zero-order valence-electron chi connectivity index (χ0n) is 10.9. The maximum Gasteiger partial charge on any atom is 0.159 e. The van der Waals surface area contributed by atoms with Crippen LogP contribution in [0.15, 0.2) is 48.5 Å². The molecule has 0 unspecified atom stereocenters. The summed E-state index contributed by atoms with van der Waals surface area (Å²) in [6.45, 7) is 0.975. The number of nitriles is 1. The number of hydrogen-bond acceptors (Lipinski definition) is 2. The Labute approximate surface area is 116 Å². The summed E-state index contributed by atoms with van der Waals surface area (Å²) < 4.78 is 26.2. The van der Waals surface area contributed by atoms with E-state index in [4.69, 9.17) is 5.26 Å². The number of hydrogen-bond donors (Lipinski definition) is 0. The molecule has 0 atom stereocenters. The number of para-hydroxylation sites is 1. The van der Waals surface area contributed by atoms with Crippen LogP contribution in [0.25, 0.3) is 0 Å². The maximum atomic E-state index is 13.2. The largest absolute Gasteiger partial charge is 0.366 e. The second kappa shape index (κ2) is 6.67. The second-order valence-electron chi connectivity index (χ2n) is 4.41. The molecule has 0 aromatic heterocycles. The van der Waals surface area contributed by atoms with E-state index in [9.17, 15) is 8.78 Å².